The van der Waals surface area contributed by atoms with E-state index in [1.54, 1.807) is 0 Å². The quantitative estimate of drug-likeness (QED) is 0.330. The van der Waals surface area contributed by atoms with Crippen LogP contribution in [0.15, 0.2) is 3.52 Å². The van der Waals surface area contributed by atoms with Gasteiger partial charge < -0.3 is 0 Å². The molecule has 0 aromatic carbocycles. The zero-order valence-corrected chi connectivity index (χ0v) is 5.00. The van der Waals surface area contributed by atoms with Crippen molar-refractivity contribution in [2.45, 2.75) is 0 Å². The second-order valence-corrected chi connectivity index (χ2v) is 0.822. The first-order chi connectivity index (χ1) is 1.91. The first kappa shape index (κ1) is 4.05. The molecule has 4 heavy (non-hydrogen) atoms. The van der Waals surface area contributed by atoms with Crippen LogP contribution in [0.2, 0.25) is 0 Å². The standard InChI is InChI=1S/N3.Ta/c1-3-2;/q-1;+1. The van der Waals surface area contributed by atoms with Gasteiger partial charge >= 0.3 is 35.3 Å². The van der Waals surface area contributed by atoms with Crippen molar-refractivity contribution in [3.8, 4) is 0 Å². The van der Waals surface area contributed by atoms with Gasteiger partial charge in [-0.1, -0.05) is 0 Å². The summed E-state index contributed by atoms with van der Waals surface area (Å²) in [6.45, 7) is 0. The van der Waals surface area contributed by atoms with E-state index in [1.807, 2.05) is 0 Å². The van der Waals surface area contributed by atoms with Crippen molar-refractivity contribution in [3.05, 3.63) is 10.4 Å². The van der Waals surface area contributed by atoms with Crippen molar-refractivity contribution in [2.24, 2.45) is 3.52 Å². The Morgan fingerprint density at radius 2 is 2.25 bits per heavy atom. The van der Waals surface area contributed by atoms with Gasteiger partial charge in [0.05, 0.1) is 0 Å². The Labute approximate surface area is 35.9 Å². The third-order valence-electron chi connectivity index (χ3n) is 0.0400. The molecular formula is N3Ta. The summed E-state index contributed by atoms with van der Waals surface area (Å²) in [5.74, 6) is 0. The Balaban J connectivity index is 3.11. The van der Waals surface area contributed by atoms with Gasteiger partial charge in [0.1, 0.15) is 0 Å². The zero-order valence-electron chi connectivity index (χ0n) is 1.79. The SMILES string of the molecule is [N-]=[N+]=[N][Ta]. The molecule has 0 rings (SSSR count). The monoisotopic (exact) mass is 223 g/mol. The fourth-order valence-electron chi connectivity index (χ4n) is 0. The average molecular weight is 223 g/mol. The van der Waals surface area contributed by atoms with E-state index in [1.165, 1.54) is 0 Å². The second kappa shape index (κ2) is 3.05. The maximum atomic E-state index is 7.36. The van der Waals surface area contributed by atoms with E-state index in [4.69, 9.17) is 5.53 Å². The van der Waals surface area contributed by atoms with Crippen LogP contribution < -0.4 is 0 Å². The van der Waals surface area contributed by atoms with E-state index in [-0.39, 0.29) is 0 Å². The van der Waals surface area contributed by atoms with Crippen molar-refractivity contribution in [2.75, 3.05) is 0 Å². The molecule has 0 fully saturated rings. The first-order valence-electron chi connectivity index (χ1n) is 0.600. The van der Waals surface area contributed by atoms with Crippen LogP contribution >= 0.6 is 0 Å². The van der Waals surface area contributed by atoms with E-state index in [9.17, 15) is 0 Å². The van der Waals surface area contributed by atoms with E-state index < -0.39 is 0 Å². The predicted octanol–water partition coefficient (Wildman–Crippen LogP) is 0.759. The molecule has 0 amide bonds. The van der Waals surface area contributed by atoms with Crippen LogP contribution in [0.4, 0.5) is 0 Å². The molecule has 0 bridgehead atoms. The van der Waals surface area contributed by atoms with Crippen molar-refractivity contribution in [1.29, 1.82) is 0 Å². The fourth-order valence-corrected chi connectivity index (χ4v) is 0. The van der Waals surface area contributed by atoms with Gasteiger partial charge in [-0.3, -0.25) is 0 Å². The minimum atomic E-state index is 0.756. The molecule has 0 heterocycles. The molecule has 4 heteroatoms. The summed E-state index contributed by atoms with van der Waals surface area (Å²) in [7, 11) is 0. The summed E-state index contributed by atoms with van der Waals surface area (Å²) in [5, 5.41) is 0. The Morgan fingerprint density at radius 3 is 2.25 bits per heavy atom. The van der Waals surface area contributed by atoms with Crippen molar-refractivity contribution in [3.63, 3.8) is 0 Å². The molecule has 0 saturated heterocycles. The van der Waals surface area contributed by atoms with Crippen LogP contribution in [-0.4, -0.2) is 0 Å². The second-order valence-electron chi connectivity index (χ2n) is 0.179. The third-order valence-corrected chi connectivity index (χ3v) is 0.327. The van der Waals surface area contributed by atoms with Gasteiger partial charge in [0, 0.05) is 0 Å². The van der Waals surface area contributed by atoms with Gasteiger partial charge in [-0.2, -0.15) is 0 Å². The summed E-state index contributed by atoms with van der Waals surface area (Å²) in [6.07, 6.45) is 0. The van der Waals surface area contributed by atoms with E-state index in [2.05, 4.69) is 8.43 Å². The molecule has 0 atom stereocenters. The van der Waals surface area contributed by atoms with Gasteiger partial charge in [0.25, 0.3) is 0 Å². The minimum absolute atomic E-state index is 0.756. The third kappa shape index (κ3) is 2.05. The number of hydrogen-bond acceptors (Lipinski definition) is 1. The summed E-state index contributed by atoms with van der Waals surface area (Å²) in [5.41, 5.74) is 7.36. The number of hydrogen-bond donors (Lipinski definition) is 0. The van der Waals surface area contributed by atoms with Crippen LogP contribution in [0.1, 0.15) is 0 Å². The van der Waals surface area contributed by atoms with Crippen LogP contribution in [-0.2, 0) is 21.3 Å². The molecule has 0 radical (unpaired) electrons. The molecule has 0 aromatic rings. The number of rotatable bonds is 0. The van der Waals surface area contributed by atoms with E-state index in [0.717, 1.165) is 21.3 Å². The molecule has 0 aliphatic heterocycles. The van der Waals surface area contributed by atoms with Crippen LogP contribution in [0.3, 0.4) is 0 Å². The van der Waals surface area contributed by atoms with Gasteiger partial charge in [-0.15, -0.1) is 0 Å². The number of azide groups is 1. The van der Waals surface area contributed by atoms with Gasteiger partial charge in [0.15, 0.2) is 0 Å². The Kier molecular flexibility index (Phi) is 3.09. The van der Waals surface area contributed by atoms with Crippen LogP contribution in [0.5, 0.6) is 0 Å². The summed E-state index contributed by atoms with van der Waals surface area (Å²) >= 11 is 0.756. The fraction of sp³-hybridized carbons (Fsp3) is 0. The van der Waals surface area contributed by atoms with Crippen LogP contribution in [0.25, 0.3) is 10.4 Å². The summed E-state index contributed by atoms with van der Waals surface area (Å²) < 4.78 is 3.03. The predicted molar refractivity (Wildman–Crippen MR) is 9.15 cm³/mol. The van der Waals surface area contributed by atoms with Gasteiger partial charge in [0.2, 0.25) is 0 Å². The summed E-state index contributed by atoms with van der Waals surface area (Å²) in [4.78, 5) is 2.41. The van der Waals surface area contributed by atoms with Gasteiger partial charge in [-0.25, -0.2) is 0 Å². The molecule has 0 saturated carbocycles. The molecule has 0 unspecified atom stereocenters. The molecule has 0 aliphatic carbocycles. The molecule has 0 N–H and O–H groups in total. The van der Waals surface area contributed by atoms with Crippen molar-refractivity contribution >= 4 is 0 Å². The molecule has 20 valence electrons. The topological polar surface area (TPSA) is 48.8 Å². The Hall–Kier alpha value is 0.0503. The van der Waals surface area contributed by atoms with E-state index >= 15 is 0 Å². The van der Waals surface area contributed by atoms with Crippen LogP contribution in [0, 0.1) is 0 Å². The zero-order chi connectivity index (χ0) is 3.41. The molecule has 0 aromatic heterocycles. The molecule has 0 aliphatic rings. The Bertz CT molecular complexity index is 41.2. The van der Waals surface area contributed by atoms with Gasteiger partial charge in [-0.05, 0) is 0 Å². The maximum absolute atomic E-state index is 7.36. The average Bonchev–Trinajstić information content (AvgIpc) is 1.37. The number of nitrogens with zero attached hydrogens (tertiary/aromatic N) is 3. The van der Waals surface area contributed by atoms with Crippen molar-refractivity contribution < 1.29 is 21.3 Å². The normalized spacial score (nSPS) is 4.00. The summed E-state index contributed by atoms with van der Waals surface area (Å²) in [6, 6.07) is 0. The molecule has 0 spiro atoms. The van der Waals surface area contributed by atoms with Crippen molar-refractivity contribution in [1.82, 2.24) is 0 Å². The van der Waals surface area contributed by atoms with E-state index in [0.29, 0.717) is 0 Å². The molecular weight excluding hydrogens is 223 g/mol. The first-order valence-corrected chi connectivity index (χ1v) is 2.04. The molecule has 3 nitrogen and oxygen atoms in total. The Morgan fingerprint density at radius 1 is 2.00 bits per heavy atom.